The highest BCUT2D eigenvalue weighted by Crippen LogP contribution is 2.15. The molecular weight excluding hydrogens is 200 g/mol. The maximum absolute atomic E-state index is 11.5. The van der Waals surface area contributed by atoms with Crippen LogP contribution in [0.5, 0.6) is 0 Å². The van der Waals surface area contributed by atoms with Crippen LogP contribution in [0, 0.1) is 18.6 Å². The van der Waals surface area contributed by atoms with Crippen molar-refractivity contribution >= 4 is 18.2 Å². The van der Waals surface area contributed by atoms with Gasteiger partial charge in [-0.1, -0.05) is 0 Å². The molecule has 3 nitrogen and oxygen atoms in total. The molecular formula is C10H12O3S. The van der Waals surface area contributed by atoms with E-state index in [0.717, 1.165) is 5.56 Å². The number of aryl methyl sites for hydroxylation is 2. The first kappa shape index (κ1) is 10.9. The van der Waals surface area contributed by atoms with E-state index in [9.17, 15) is 4.79 Å². The molecule has 4 heteroatoms. The molecule has 1 aromatic heterocycles. The monoisotopic (exact) mass is 212 g/mol. The van der Waals surface area contributed by atoms with Crippen molar-refractivity contribution in [3.63, 3.8) is 0 Å². The summed E-state index contributed by atoms with van der Waals surface area (Å²) >= 11 is 4.88. The smallest absolute Gasteiger partial charge is 0.341 e. The summed E-state index contributed by atoms with van der Waals surface area (Å²) in [6.45, 7) is 5.63. The van der Waals surface area contributed by atoms with E-state index in [0.29, 0.717) is 22.6 Å². The molecule has 0 atom stereocenters. The van der Waals surface area contributed by atoms with E-state index in [2.05, 4.69) is 0 Å². The molecule has 1 rings (SSSR count). The molecule has 0 fully saturated rings. The zero-order chi connectivity index (χ0) is 10.7. The molecule has 0 amide bonds. The Morgan fingerprint density at radius 1 is 1.57 bits per heavy atom. The van der Waals surface area contributed by atoms with E-state index < -0.39 is 0 Å². The van der Waals surface area contributed by atoms with Crippen molar-refractivity contribution in [2.24, 2.45) is 0 Å². The lowest BCUT2D eigenvalue weighted by molar-refractivity contribution is 0.0521. The number of esters is 1. The summed E-state index contributed by atoms with van der Waals surface area (Å²) in [4.78, 5) is 11.5. The second-order valence-corrected chi connectivity index (χ2v) is 3.30. The number of hydrogen-bond acceptors (Lipinski definition) is 4. The van der Waals surface area contributed by atoms with Crippen LogP contribution in [-0.2, 0) is 4.74 Å². The Morgan fingerprint density at radius 3 is 2.71 bits per heavy atom. The fraction of sp³-hybridized carbons (Fsp3) is 0.400. The molecule has 76 valence electrons. The summed E-state index contributed by atoms with van der Waals surface area (Å²) in [5.41, 5.74) is 1.26. The van der Waals surface area contributed by atoms with Gasteiger partial charge in [0.15, 0.2) is 4.71 Å². The minimum Gasteiger partial charge on any atom is -0.462 e. The van der Waals surface area contributed by atoms with E-state index >= 15 is 0 Å². The summed E-state index contributed by atoms with van der Waals surface area (Å²) < 4.78 is 10.4. The number of hydrogen-bond donors (Lipinski definition) is 0. The van der Waals surface area contributed by atoms with E-state index in [1.807, 2.05) is 6.92 Å². The van der Waals surface area contributed by atoms with Crippen molar-refractivity contribution in [1.82, 2.24) is 0 Å². The van der Waals surface area contributed by atoms with Gasteiger partial charge in [0.25, 0.3) is 0 Å². The molecule has 0 unspecified atom stereocenters. The number of carbonyl (C=O) groups is 1. The molecule has 1 aromatic rings. The van der Waals surface area contributed by atoms with Crippen LogP contribution in [0.1, 0.15) is 28.6 Å². The lowest BCUT2D eigenvalue weighted by Gasteiger charge is -2.06. The fourth-order valence-corrected chi connectivity index (χ4v) is 1.57. The van der Waals surface area contributed by atoms with Crippen molar-refractivity contribution in [2.45, 2.75) is 20.8 Å². The van der Waals surface area contributed by atoms with Gasteiger partial charge in [0, 0.05) is 0 Å². The van der Waals surface area contributed by atoms with E-state index in [1.54, 1.807) is 19.9 Å². The summed E-state index contributed by atoms with van der Waals surface area (Å²) in [5, 5.41) is 0. The first-order valence-corrected chi connectivity index (χ1v) is 4.75. The third kappa shape index (κ3) is 2.20. The van der Waals surface area contributed by atoms with Crippen LogP contribution < -0.4 is 0 Å². The second kappa shape index (κ2) is 4.37. The third-order valence-corrected chi connectivity index (χ3v) is 2.02. The van der Waals surface area contributed by atoms with Crippen LogP contribution in [0.4, 0.5) is 0 Å². The Balaban J connectivity index is 3.21. The standard InChI is InChI=1S/C10H12O3S/c1-4-12-10(11)9-6(2)5-8(14)13-7(9)3/h5H,4H2,1-3H3. The minimum atomic E-state index is -0.360. The Bertz CT molecular complexity index is 380. The van der Waals surface area contributed by atoms with Crippen LogP contribution >= 0.6 is 12.2 Å². The van der Waals surface area contributed by atoms with Gasteiger partial charge < -0.3 is 9.15 Å². The predicted octanol–water partition coefficient (Wildman–Crippen LogP) is 2.80. The average molecular weight is 212 g/mol. The van der Waals surface area contributed by atoms with Crippen molar-refractivity contribution in [2.75, 3.05) is 6.61 Å². The average Bonchev–Trinajstić information content (AvgIpc) is 2.01. The van der Waals surface area contributed by atoms with Gasteiger partial charge in [-0.2, -0.15) is 0 Å². The van der Waals surface area contributed by atoms with Gasteiger partial charge in [-0.25, -0.2) is 4.79 Å². The quantitative estimate of drug-likeness (QED) is 0.558. The Hall–Kier alpha value is -1.16. The highest BCUT2D eigenvalue weighted by atomic mass is 32.1. The molecule has 0 spiro atoms. The zero-order valence-electron chi connectivity index (χ0n) is 8.42. The van der Waals surface area contributed by atoms with Crippen molar-refractivity contribution in [3.05, 3.63) is 27.7 Å². The van der Waals surface area contributed by atoms with Crippen LogP contribution in [0.25, 0.3) is 0 Å². The molecule has 0 saturated heterocycles. The lowest BCUT2D eigenvalue weighted by Crippen LogP contribution is -2.08. The fourth-order valence-electron chi connectivity index (χ4n) is 1.27. The lowest BCUT2D eigenvalue weighted by atomic mass is 10.1. The highest BCUT2D eigenvalue weighted by Gasteiger charge is 2.14. The Kier molecular flexibility index (Phi) is 3.41. The van der Waals surface area contributed by atoms with E-state index in [1.165, 1.54) is 0 Å². The van der Waals surface area contributed by atoms with Crippen LogP contribution in [-0.4, -0.2) is 12.6 Å². The van der Waals surface area contributed by atoms with Gasteiger partial charge in [0.2, 0.25) is 0 Å². The van der Waals surface area contributed by atoms with Gasteiger partial charge in [-0.3, -0.25) is 0 Å². The molecule has 0 saturated carbocycles. The normalized spacial score (nSPS) is 9.93. The Labute approximate surface area is 87.7 Å². The first-order valence-electron chi connectivity index (χ1n) is 4.34. The third-order valence-electron chi connectivity index (χ3n) is 1.81. The van der Waals surface area contributed by atoms with Crippen LogP contribution in [0.15, 0.2) is 10.5 Å². The van der Waals surface area contributed by atoms with Gasteiger partial charge in [-0.05, 0) is 44.6 Å². The highest BCUT2D eigenvalue weighted by molar-refractivity contribution is 7.71. The van der Waals surface area contributed by atoms with Gasteiger partial charge in [-0.15, -0.1) is 0 Å². The molecule has 0 aliphatic carbocycles. The van der Waals surface area contributed by atoms with Gasteiger partial charge >= 0.3 is 5.97 Å². The molecule has 0 radical (unpaired) electrons. The van der Waals surface area contributed by atoms with Crippen LogP contribution in [0.3, 0.4) is 0 Å². The molecule has 0 N–H and O–H groups in total. The molecule has 14 heavy (non-hydrogen) atoms. The Morgan fingerprint density at radius 2 is 2.21 bits per heavy atom. The van der Waals surface area contributed by atoms with Crippen molar-refractivity contribution in [1.29, 1.82) is 0 Å². The first-order chi connectivity index (χ1) is 6.56. The second-order valence-electron chi connectivity index (χ2n) is 2.90. The maximum atomic E-state index is 11.5. The summed E-state index contributed by atoms with van der Waals surface area (Å²) in [6, 6.07) is 1.65. The summed E-state index contributed by atoms with van der Waals surface area (Å²) in [6.07, 6.45) is 0. The van der Waals surface area contributed by atoms with Crippen molar-refractivity contribution < 1.29 is 13.9 Å². The zero-order valence-corrected chi connectivity index (χ0v) is 9.23. The van der Waals surface area contributed by atoms with Gasteiger partial charge in [0.05, 0.1) is 6.61 Å². The molecule has 0 aromatic carbocycles. The van der Waals surface area contributed by atoms with E-state index in [-0.39, 0.29) is 5.97 Å². The molecule has 0 aliphatic rings. The molecule has 0 bridgehead atoms. The largest absolute Gasteiger partial charge is 0.462 e. The minimum absolute atomic E-state index is 0.355. The van der Waals surface area contributed by atoms with Gasteiger partial charge in [0.1, 0.15) is 11.3 Å². The number of carbonyl (C=O) groups excluding carboxylic acids is 1. The molecule has 1 heterocycles. The summed E-state index contributed by atoms with van der Waals surface area (Å²) in [7, 11) is 0. The van der Waals surface area contributed by atoms with Crippen LogP contribution in [0.2, 0.25) is 0 Å². The topological polar surface area (TPSA) is 39.4 Å². The maximum Gasteiger partial charge on any atom is 0.341 e. The molecule has 0 aliphatic heterocycles. The van der Waals surface area contributed by atoms with Crippen molar-refractivity contribution in [3.8, 4) is 0 Å². The number of ether oxygens (including phenoxy) is 1. The predicted molar refractivity (Wildman–Crippen MR) is 55.0 cm³/mol. The SMILES string of the molecule is CCOC(=O)c1c(C)cc(=S)oc1C. The number of rotatable bonds is 2. The summed E-state index contributed by atoms with van der Waals surface area (Å²) in [5.74, 6) is 0.148. The van der Waals surface area contributed by atoms with E-state index in [4.69, 9.17) is 21.4 Å².